The summed E-state index contributed by atoms with van der Waals surface area (Å²) in [6.45, 7) is 1.88. The van der Waals surface area contributed by atoms with E-state index < -0.39 is 0 Å². The third-order valence-electron chi connectivity index (χ3n) is 2.87. The second-order valence-corrected chi connectivity index (χ2v) is 4.22. The largest absolute Gasteiger partial charge is 0.497 e. The molecule has 0 atom stereocenters. The van der Waals surface area contributed by atoms with E-state index in [0.717, 1.165) is 22.9 Å². The van der Waals surface area contributed by atoms with Crippen LogP contribution >= 0.6 is 0 Å². The lowest BCUT2D eigenvalue weighted by Gasteiger charge is -2.19. The summed E-state index contributed by atoms with van der Waals surface area (Å²) in [5.74, 6) is 1.56. The highest BCUT2D eigenvalue weighted by molar-refractivity contribution is 5.61. The number of methoxy groups -OCH3 is 1. The molecule has 0 bridgehead atoms. The van der Waals surface area contributed by atoms with Crippen LogP contribution in [0.4, 0.5) is 11.5 Å². The van der Waals surface area contributed by atoms with Crippen LogP contribution in [-0.2, 0) is 0 Å². The lowest BCUT2D eigenvalue weighted by atomic mass is 10.2. The zero-order chi connectivity index (χ0) is 13.8. The first-order chi connectivity index (χ1) is 9.13. The van der Waals surface area contributed by atoms with Gasteiger partial charge in [0.1, 0.15) is 11.6 Å². The Morgan fingerprint density at radius 1 is 1.21 bits per heavy atom. The summed E-state index contributed by atoms with van der Waals surface area (Å²) in [6, 6.07) is 13.4. The second kappa shape index (κ2) is 5.40. The molecule has 2 aromatic rings. The Labute approximate surface area is 112 Å². The van der Waals surface area contributed by atoms with Crippen molar-refractivity contribution in [2.45, 2.75) is 6.92 Å². The molecule has 0 aliphatic carbocycles. The average molecular weight is 253 g/mol. The third-order valence-corrected chi connectivity index (χ3v) is 2.87. The molecule has 0 N–H and O–H groups in total. The van der Waals surface area contributed by atoms with Crippen LogP contribution in [0.1, 0.15) is 11.3 Å². The summed E-state index contributed by atoms with van der Waals surface area (Å²) in [7, 11) is 3.56. The Bertz CT molecular complexity index is 614. The molecule has 0 aliphatic heterocycles. The Hall–Kier alpha value is -2.54. The predicted molar refractivity (Wildman–Crippen MR) is 74.7 cm³/mol. The fourth-order valence-corrected chi connectivity index (χ4v) is 1.83. The van der Waals surface area contributed by atoms with Crippen LogP contribution in [0.3, 0.4) is 0 Å². The van der Waals surface area contributed by atoms with Gasteiger partial charge in [-0.05, 0) is 43.3 Å². The van der Waals surface area contributed by atoms with Gasteiger partial charge in [0.05, 0.1) is 18.7 Å². The first kappa shape index (κ1) is 12.9. The zero-order valence-electron chi connectivity index (χ0n) is 11.2. The van der Waals surface area contributed by atoms with Crippen LogP contribution in [0, 0.1) is 18.3 Å². The third kappa shape index (κ3) is 2.83. The number of nitriles is 1. The number of hydrogen-bond donors (Lipinski definition) is 0. The van der Waals surface area contributed by atoms with E-state index in [0.29, 0.717) is 5.56 Å². The molecule has 0 saturated heterocycles. The summed E-state index contributed by atoms with van der Waals surface area (Å²) in [5.41, 5.74) is 2.43. The second-order valence-electron chi connectivity index (χ2n) is 4.22. The highest BCUT2D eigenvalue weighted by atomic mass is 16.5. The number of anilines is 2. The van der Waals surface area contributed by atoms with Gasteiger partial charge in [0, 0.05) is 18.4 Å². The van der Waals surface area contributed by atoms with E-state index in [2.05, 4.69) is 11.1 Å². The highest BCUT2D eigenvalue weighted by Crippen LogP contribution is 2.25. The van der Waals surface area contributed by atoms with Gasteiger partial charge in [-0.2, -0.15) is 5.26 Å². The normalized spacial score (nSPS) is 9.79. The molecular formula is C15H15N3O. The van der Waals surface area contributed by atoms with E-state index in [9.17, 15) is 0 Å². The Balaban J connectivity index is 2.35. The molecule has 0 radical (unpaired) electrons. The molecule has 0 aliphatic rings. The van der Waals surface area contributed by atoms with Gasteiger partial charge in [0.2, 0.25) is 0 Å². The smallest absolute Gasteiger partial charge is 0.134 e. The number of hydrogen-bond acceptors (Lipinski definition) is 4. The van der Waals surface area contributed by atoms with Crippen molar-refractivity contribution in [2.24, 2.45) is 0 Å². The molecule has 0 spiro atoms. The van der Waals surface area contributed by atoms with E-state index in [1.165, 1.54) is 0 Å². The van der Waals surface area contributed by atoms with Crippen molar-refractivity contribution in [1.29, 1.82) is 5.26 Å². The standard InChI is InChI=1S/C15H15N3O/c1-11-8-12(10-16)9-15(17-11)18(2)13-4-6-14(19-3)7-5-13/h4-9H,1-3H3. The molecule has 2 rings (SSSR count). The summed E-state index contributed by atoms with van der Waals surface area (Å²) in [4.78, 5) is 6.38. The van der Waals surface area contributed by atoms with Crippen molar-refractivity contribution < 1.29 is 4.74 Å². The van der Waals surface area contributed by atoms with E-state index in [4.69, 9.17) is 10.00 Å². The van der Waals surface area contributed by atoms with Crippen molar-refractivity contribution in [3.05, 3.63) is 47.7 Å². The molecule has 0 unspecified atom stereocenters. The molecule has 0 amide bonds. The first-order valence-electron chi connectivity index (χ1n) is 5.90. The van der Waals surface area contributed by atoms with Crippen LogP contribution in [-0.4, -0.2) is 19.1 Å². The van der Waals surface area contributed by atoms with Gasteiger partial charge in [-0.25, -0.2) is 4.98 Å². The van der Waals surface area contributed by atoms with Crippen molar-refractivity contribution in [3.63, 3.8) is 0 Å². The summed E-state index contributed by atoms with van der Waals surface area (Å²) in [5, 5.41) is 8.99. The van der Waals surface area contributed by atoms with Gasteiger partial charge in [-0.3, -0.25) is 0 Å². The van der Waals surface area contributed by atoms with E-state index in [-0.39, 0.29) is 0 Å². The molecule has 1 aromatic heterocycles. The van der Waals surface area contributed by atoms with Gasteiger partial charge in [-0.15, -0.1) is 0 Å². The summed E-state index contributed by atoms with van der Waals surface area (Å²) < 4.78 is 5.13. The molecular weight excluding hydrogens is 238 g/mol. The SMILES string of the molecule is COc1ccc(N(C)c2cc(C#N)cc(C)n2)cc1. The maximum absolute atomic E-state index is 8.99. The molecule has 1 heterocycles. The van der Waals surface area contributed by atoms with Crippen LogP contribution in [0.2, 0.25) is 0 Å². The van der Waals surface area contributed by atoms with Crippen LogP contribution in [0.5, 0.6) is 5.75 Å². The molecule has 96 valence electrons. The molecule has 0 saturated carbocycles. The maximum atomic E-state index is 8.99. The molecule has 0 fully saturated rings. The van der Waals surface area contributed by atoms with Crippen LogP contribution in [0.15, 0.2) is 36.4 Å². The van der Waals surface area contributed by atoms with E-state index in [1.54, 1.807) is 19.2 Å². The van der Waals surface area contributed by atoms with Crippen molar-refractivity contribution >= 4 is 11.5 Å². The molecule has 4 heteroatoms. The molecule has 4 nitrogen and oxygen atoms in total. The number of aromatic nitrogens is 1. The number of aryl methyl sites for hydroxylation is 1. The number of pyridine rings is 1. The van der Waals surface area contributed by atoms with Gasteiger partial charge in [-0.1, -0.05) is 0 Å². The van der Waals surface area contributed by atoms with E-state index >= 15 is 0 Å². The molecule has 19 heavy (non-hydrogen) atoms. The number of ether oxygens (including phenoxy) is 1. The quantitative estimate of drug-likeness (QED) is 0.843. The van der Waals surface area contributed by atoms with Crippen molar-refractivity contribution in [2.75, 3.05) is 19.1 Å². The highest BCUT2D eigenvalue weighted by Gasteiger charge is 2.07. The number of nitrogens with zero attached hydrogens (tertiary/aromatic N) is 3. The summed E-state index contributed by atoms with van der Waals surface area (Å²) >= 11 is 0. The van der Waals surface area contributed by atoms with Gasteiger partial charge >= 0.3 is 0 Å². The van der Waals surface area contributed by atoms with Crippen LogP contribution in [0.25, 0.3) is 0 Å². The number of rotatable bonds is 3. The lowest BCUT2D eigenvalue weighted by Crippen LogP contribution is -2.11. The van der Waals surface area contributed by atoms with Crippen LogP contribution < -0.4 is 9.64 Å². The lowest BCUT2D eigenvalue weighted by molar-refractivity contribution is 0.415. The van der Waals surface area contributed by atoms with Gasteiger partial charge in [0.25, 0.3) is 0 Å². The monoisotopic (exact) mass is 253 g/mol. The van der Waals surface area contributed by atoms with Crippen molar-refractivity contribution in [1.82, 2.24) is 4.98 Å². The van der Waals surface area contributed by atoms with Gasteiger partial charge < -0.3 is 9.64 Å². The van der Waals surface area contributed by atoms with E-state index in [1.807, 2.05) is 43.1 Å². The Kier molecular flexibility index (Phi) is 3.67. The van der Waals surface area contributed by atoms with Gasteiger partial charge in [0.15, 0.2) is 0 Å². The Morgan fingerprint density at radius 3 is 2.47 bits per heavy atom. The zero-order valence-corrected chi connectivity index (χ0v) is 11.2. The predicted octanol–water partition coefficient (Wildman–Crippen LogP) is 3.04. The molecule has 1 aromatic carbocycles. The van der Waals surface area contributed by atoms with Crippen molar-refractivity contribution in [3.8, 4) is 11.8 Å². The Morgan fingerprint density at radius 2 is 1.89 bits per heavy atom. The fourth-order valence-electron chi connectivity index (χ4n) is 1.83. The minimum absolute atomic E-state index is 0.614. The minimum atomic E-state index is 0.614. The maximum Gasteiger partial charge on any atom is 0.134 e. The fraction of sp³-hybridized carbons (Fsp3) is 0.200. The first-order valence-corrected chi connectivity index (χ1v) is 5.90. The summed E-state index contributed by atoms with van der Waals surface area (Å²) in [6.07, 6.45) is 0. The number of benzene rings is 1. The minimum Gasteiger partial charge on any atom is -0.497 e. The topological polar surface area (TPSA) is 49.1 Å². The average Bonchev–Trinajstić information content (AvgIpc) is 2.46.